The fraction of sp³-hybridized carbons (Fsp3) is 0.286. The molecule has 2 aromatic rings. The van der Waals surface area contributed by atoms with E-state index >= 15 is 0 Å². The average molecular weight is 244 g/mol. The summed E-state index contributed by atoms with van der Waals surface area (Å²) in [6.07, 6.45) is 2.21. The number of aromatic nitrogens is 1. The van der Waals surface area contributed by atoms with Crippen LogP contribution in [-0.2, 0) is 16.0 Å². The number of ether oxygens (including phenoxy) is 1. The highest BCUT2D eigenvalue weighted by atomic mass is 16.5. The van der Waals surface area contributed by atoms with Crippen molar-refractivity contribution in [2.45, 2.75) is 19.4 Å². The van der Waals surface area contributed by atoms with Gasteiger partial charge in [0, 0.05) is 11.6 Å². The Morgan fingerprint density at radius 3 is 3.06 bits per heavy atom. The highest BCUT2D eigenvalue weighted by Crippen LogP contribution is 2.14. The molecule has 0 bridgehead atoms. The Morgan fingerprint density at radius 1 is 1.44 bits per heavy atom. The van der Waals surface area contributed by atoms with Crippen LogP contribution in [0.15, 0.2) is 36.5 Å². The molecule has 1 heterocycles. The van der Waals surface area contributed by atoms with Gasteiger partial charge >= 0.3 is 5.97 Å². The summed E-state index contributed by atoms with van der Waals surface area (Å²) < 4.78 is 4.88. The summed E-state index contributed by atoms with van der Waals surface area (Å²) in [4.78, 5) is 15.7. The SMILES string of the molecule is CCOC(=O)[C@@H](N)Cc1ccc2cccnc2c1. The highest BCUT2D eigenvalue weighted by molar-refractivity contribution is 5.80. The zero-order valence-electron chi connectivity index (χ0n) is 10.3. The molecule has 2 rings (SSSR count). The van der Waals surface area contributed by atoms with Crippen molar-refractivity contribution in [3.63, 3.8) is 0 Å². The van der Waals surface area contributed by atoms with Gasteiger partial charge in [0.25, 0.3) is 0 Å². The predicted molar refractivity (Wildman–Crippen MR) is 70.1 cm³/mol. The summed E-state index contributed by atoms with van der Waals surface area (Å²) >= 11 is 0. The normalized spacial score (nSPS) is 12.3. The van der Waals surface area contributed by atoms with Crippen molar-refractivity contribution in [1.82, 2.24) is 4.98 Å². The Labute approximate surface area is 106 Å². The van der Waals surface area contributed by atoms with Gasteiger partial charge in [-0.15, -0.1) is 0 Å². The number of hydrogen-bond donors (Lipinski definition) is 1. The second-order valence-electron chi connectivity index (χ2n) is 4.09. The fourth-order valence-corrected chi connectivity index (χ4v) is 1.83. The summed E-state index contributed by atoms with van der Waals surface area (Å²) in [5.74, 6) is -0.362. The standard InChI is InChI=1S/C14H16N2O2/c1-2-18-14(17)12(15)8-10-5-6-11-4-3-7-16-13(11)9-10/h3-7,9,12H,2,8,15H2,1H3/t12-/m0/s1. The first-order valence-corrected chi connectivity index (χ1v) is 5.96. The van der Waals surface area contributed by atoms with E-state index in [1.165, 1.54) is 0 Å². The van der Waals surface area contributed by atoms with Crippen LogP contribution < -0.4 is 5.73 Å². The van der Waals surface area contributed by atoms with Crippen LogP contribution in [0, 0.1) is 0 Å². The minimum absolute atomic E-state index is 0.353. The van der Waals surface area contributed by atoms with Gasteiger partial charge in [-0.1, -0.05) is 18.2 Å². The van der Waals surface area contributed by atoms with Gasteiger partial charge in [0.05, 0.1) is 12.1 Å². The zero-order chi connectivity index (χ0) is 13.0. The molecule has 94 valence electrons. The van der Waals surface area contributed by atoms with Gasteiger partial charge in [-0.2, -0.15) is 0 Å². The molecule has 0 fully saturated rings. The molecule has 0 spiro atoms. The summed E-state index contributed by atoms with van der Waals surface area (Å²) in [6, 6.07) is 9.17. The van der Waals surface area contributed by atoms with E-state index in [0.29, 0.717) is 13.0 Å². The van der Waals surface area contributed by atoms with Crippen LogP contribution in [0.4, 0.5) is 0 Å². The molecule has 0 saturated carbocycles. The van der Waals surface area contributed by atoms with Crippen LogP contribution in [0.2, 0.25) is 0 Å². The third-order valence-corrected chi connectivity index (χ3v) is 2.72. The molecule has 4 nitrogen and oxygen atoms in total. The average Bonchev–Trinajstić information content (AvgIpc) is 2.39. The molecule has 1 aromatic carbocycles. The van der Waals surface area contributed by atoms with Crippen molar-refractivity contribution in [2.75, 3.05) is 6.61 Å². The number of carbonyl (C=O) groups excluding carboxylic acids is 1. The molecular formula is C14H16N2O2. The molecule has 1 atom stereocenters. The van der Waals surface area contributed by atoms with E-state index < -0.39 is 6.04 Å². The van der Waals surface area contributed by atoms with Crippen LogP contribution in [0.3, 0.4) is 0 Å². The van der Waals surface area contributed by atoms with Gasteiger partial charge in [0.1, 0.15) is 6.04 Å². The minimum atomic E-state index is -0.619. The van der Waals surface area contributed by atoms with Gasteiger partial charge in [-0.3, -0.25) is 9.78 Å². The smallest absolute Gasteiger partial charge is 0.323 e. The number of rotatable bonds is 4. The molecule has 4 heteroatoms. The molecular weight excluding hydrogens is 228 g/mol. The van der Waals surface area contributed by atoms with E-state index in [1.807, 2.05) is 30.3 Å². The Morgan fingerprint density at radius 2 is 2.28 bits per heavy atom. The first-order valence-electron chi connectivity index (χ1n) is 5.96. The Balaban J connectivity index is 2.14. The molecule has 2 N–H and O–H groups in total. The maximum Gasteiger partial charge on any atom is 0.323 e. The van der Waals surface area contributed by atoms with Crippen molar-refractivity contribution in [1.29, 1.82) is 0 Å². The maximum absolute atomic E-state index is 11.4. The number of nitrogens with zero attached hydrogens (tertiary/aromatic N) is 1. The molecule has 18 heavy (non-hydrogen) atoms. The largest absolute Gasteiger partial charge is 0.465 e. The summed E-state index contributed by atoms with van der Waals surface area (Å²) in [7, 11) is 0. The minimum Gasteiger partial charge on any atom is -0.465 e. The number of pyridine rings is 1. The zero-order valence-corrected chi connectivity index (χ0v) is 10.3. The molecule has 0 saturated heterocycles. The third kappa shape index (κ3) is 2.84. The number of hydrogen-bond acceptors (Lipinski definition) is 4. The first kappa shape index (κ1) is 12.5. The van der Waals surface area contributed by atoms with Gasteiger partial charge in [-0.25, -0.2) is 0 Å². The van der Waals surface area contributed by atoms with Crippen molar-refractivity contribution in [2.24, 2.45) is 5.73 Å². The van der Waals surface area contributed by atoms with Crippen LogP contribution >= 0.6 is 0 Å². The molecule has 0 aliphatic rings. The first-order chi connectivity index (χ1) is 8.70. The molecule has 0 radical (unpaired) electrons. The van der Waals surface area contributed by atoms with E-state index in [-0.39, 0.29) is 5.97 Å². The van der Waals surface area contributed by atoms with E-state index in [4.69, 9.17) is 10.5 Å². The summed E-state index contributed by atoms with van der Waals surface area (Å²) in [5.41, 5.74) is 7.68. The van der Waals surface area contributed by atoms with Gasteiger partial charge < -0.3 is 10.5 Å². The lowest BCUT2D eigenvalue weighted by Crippen LogP contribution is -2.34. The molecule has 0 unspecified atom stereocenters. The van der Waals surface area contributed by atoms with Crippen molar-refractivity contribution in [3.05, 3.63) is 42.1 Å². The second kappa shape index (κ2) is 5.60. The Hall–Kier alpha value is -1.94. The van der Waals surface area contributed by atoms with Crippen LogP contribution in [0.5, 0.6) is 0 Å². The number of fused-ring (bicyclic) bond motifs is 1. The molecule has 0 aliphatic heterocycles. The van der Waals surface area contributed by atoms with Gasteiger partial charge in [0.2, 0.25) is 0 Å². The van der Waals surface area contributed by atoms with E-state index in [2.05, 4.69) is 4.98 Å². The highest BCUT2D eigenvalue weighted by Gasteiger charge is 2.15. The Bertz CT molecular complexity index is 554. The van der Waals surface area contributed by atoms with Crippen LogP contribution in [0.25, 0.3) is 10.9 Å². The third-order valence-electron chi connectivity index (χ3n) is 2.72. The second-order valence-corrected chi connectivity index (χ2v) is 4.09. The number of benzene rings is 1. The quantitative estimate of drug-likeness (QED) is 0.831. The van der Waals surface area contributed by atoms with E-state index in [1.54, 1.807) is 13.1 Å². The molecule has 0 amide bonds. The monoisotopic (exact) mass is 244 g/mol. The lowest BCUT2D eigenvalue weighted by Gasteiger charge is -2.10. The van der Waals surface area contributed by atoms with Crippen LogP contribution in [-0.4, -0.2) is 23.6 Å². The van der Waals surface area contributed by atoms with Gasteiger partial charge in [-0.05, 0) is 31.0 Å². The maximum atomic E-state index is 11.4. The summed E-state index contributed by atoms with van der Waals surface area (Å²) in [5, 5.41) is 1.07. The Kier molecular flexibility index (Phi) is 3.89. The van der Waals surface area contributed by atoms with Crippen LogP contribution in [0.1, 0.15) is 12.5 Å². The topological polar surface area (TPSA) is 65.2 Å². The van der Waals surface area contributed by atoms with Crippen molar-refractivity contribution >= 4 is 16.9 Å². The lowest BCUT2D eigenvalue weighted by molar-refractivity contribution is -0.144. The summed E-state index contributed by atoms with van der Waals surface area (Å²) in [6.45, 7) is 2.12. The predicted octanol–water partition coefficient (Wildman–Crippen LogP) is 1.67. The number of esters is 1. The molecule has 1 aromatic heterocycles. The number of nitrogens with two attached hydrogens (primary N) is 1. The van der Waals surface area contributed by atoms with Crippen molar-refractivity contribution in [3.8, 4) is 0 Å². The number of carbonyl (C=O) groups is 1. The van der Waals surface area contributed by atoms with E-state index in [9.17, 15) is 4.79 Å². The van der Waals surface area contributed by atoms with E-state index in [0.717, 1.165) is 16.5 Å². The fourth-order valence-electron chi connectivity index (χ4n) is 1.83. The van der Waals surface area contributed by atoms with Crippen molar-refractivity contribution < 1.29 is 9.53 Å². The van der Waals surface area contributed by atoms with Gasteiger partial charge in [0.15, 0.2) is 0 Å². The molecule has 0 aliphatic carbocycles. The lowest BCUT2D eigenvalue weighted by atomic mass is 10.0.